The van der Waals surface area contributed by atoms with Crippen LogP contribution < -0.4 is 10.5 Å². The summed E-state index contributed by atoms with van der Waals surface area (Å²) in [5.74, 6) is -2.37. The molecule has 0 spiro atoms. The lowest BCUT2D eigenvalue weighted by Gasteiger charge is -2.24. The highest BCUT2D eigenvalue weighted by molar-refractivity contribution is 5.42. The van der Waals surface area contributed by atoms with Gasteiger partial charge in [-0.15, -0.1) is 0 Å². The minimum absolute atomic E-state index is 0.0641. The molecule has 0 aromatic heterocycles. The highest BCUT2D eigenvalue weighted by Gasteiger charge is 2.31. The minimum Gasteiger partial charge on any atom is -0.496 e. The summed E-state index contributed by atoms with van der Waals surface area (Å²) in [4.78, 5) is 0. The van der Waals surface area contributed by atoms with E-state index in [0.717, 1.165) is 5.56 Å². The van der Waals surface area contributed by atoms with Gasteiger partial charge in [-0.3, -0.25) is 0 Å². The summed E-state index contributed by atoms with van der Waals surface area (Å²) in [5, 5.41) is 0. The van der Waals surface area contributed by atoms with Crippen LogP contribution in [0.15, 0.2) is 18.2 Å². The molecule has 0 bridgehead atoms. The molecule has 2 nitrogen and oxygen atoms in total. The van der Waals surface area contributed by atoms with Crippen molar-refractivity contribution in [2.45, 2.75) is 32.1 Å². The largest absolute Gasteiger partial charge is 0.496 e. The molecule has 1 aromatic rings. The number of benzene rings is 1. The van der Waals surface area contributed by atoms with Crippen LogP contribution in [0.4, 0.5) is 8.78 Å². The molecule has 0 heterocycles. The molecule has 17 heavy (non-hydrogen) atoms. The van der Waals surface area contributed by atoms with Gasteiger partial charge in [-0.25, -0.2) is 0 Å². The maximum Gasteiger partial charge on any atom is 0.285 e. The molecule has 0 aliphatic heterocycles. The third kappa shape index (κ3) is 2.94. The fourth-order valence-electron chi connectivity index (χ4n) is 1.64. The predicted octanol–water partition coefficient (Wildman–Crippen LogP) is 3.04. The summed E-state index contributed by atoms with van der Waals surface area (Å²) in [6.07, 6.45) is 0. The summed E-state index contributed by atoms with van der Waals surface area (Å²) < 4.78 is 32.2. The minimum atomic E-state index is -2.99. The van der Waals surface area contributed by atoms with Crippen molar-refractivity contribution in [3.63, 3.8) is 0 Å². The Balaban J connectivity index is 3.33. The Morgan fingerprint density at radius 2 is 1.82 bits per heavy atom. The van der Waals surface area contributed by atoms with Gasteiger partial charge >= 0.3 is 0 Å². The molecule has 0 radical (unpaired) electrons. The van der Waals surface area contributed by atoms with Gasteiger partial charge in [0, 0.05) is 5.56 Å². The summed E-state index contributed by atoms with van der Waals surface area (Å²) in [6, 6.07) is 4.41. The zero-order valence-corrected chi connectivity index (χ0v) is 10.7. The van der Waals surface area contributed by atoms with Crippen molar-refractivity contribution in [1.82, 2.24) is 0 Å². The van der Waals surface area contributed by atoms with Gasteiger partial charge in [0.25, 0.3) is 5.92 Å². The lowest BCUT2D eigenvalue weighted by molar-refractivity contribution is 0.00578. The first kappa shape index (κ1) is 13.9. The highest BCUT2D eigenvalue weighted by Crippen LogP contribution is 2.36. The number of methoxy groups -OCH3 is 1. The third-order valence-corrected chi connectivity index (χ3v) is 2.69. The zero-order chi connectivity index (χ0) is 13.3. The normalized spacial score (nSPS) is 12.6. The van der Waals surface area contributed by atoms with E-state index in [-0.39, 0.29) is 11.0 Å². The van der Waals surface area contributed by atoms with Gasteiger partial charge in [0.15, 0.2) is 0 Å². The molecule has 0 atom stereocenters. The van der Waals surface area contributed by atoms with Crippen LogP contribution in [0.25, 0.3) is 0 Å². The lowest BCUT2D eigenvalue weighted by Crippen LogP contribution is -2.26. The summed E-state index contributed by atoms with van der Waals surface area (Å²) in [6.45, 7) is 5.17. The highest BCUT2D eigenvalue weighted by atomic mass is 19.3. The van der Waals surface area contributed by atoms with E-state index in [9.17, 15) is 8.78 Å². The van der Waals surface area contributed by atoms with Gasteiger partial charge in [0.2, 0.25) is 0 Å². The Kier molecular flexibility index (Phi) is 3.77. The van der Waals surface area contributed by atoms with Gasteiger partial charge < -0.3 is 10.5 Å². The first-order valence-corrected chi connectivity index (χ1v) is 5.49. The molecule has 0 aliphatic carbocycles. The number of nitrogens with two attached hydrogens (primary N) is 1. The zero-order valence-electron chi connectivity index (χ0n) is 10.7. The topological polar surface area (TPSA) is 35.2 Å². The van der Waals surface area contributed by atoms with Crippen molar-refractivity contribution in [2.24, 2.45) is 5.73 Å². The number of hydrogen-bond acceptors (Lipinski definition) is 2. The van der Waals surface area contributed by atoms with Gasteiger partial charge in [-0.1, -0.05) is 20.8 Å². The maximum absolute atomic E-state index is 13.5. The molecule has 0 saturated heterocycles. The Bertz CT molecular complexity index is 397. The van der Waals surface area contributed by atoms with Crippen LogP contribution in [-0.4, -0.2) is 13.7 Å². The lowest BCUT2D eigenvalue weighted by atomic mass is 9.84. The molecule has 0 aliphatic rings. The molecule has 1 aromatic carbocycles. The first-order valence-electron chi connectivity index (χ1n) is 5.49. The van der Waals surface area contributed by atoms with E-state index < -0.39 is 12.5 Å². The molecular formula is C13H19F2NO. The van der Waals surface area contributed by atoms with Crippen LogP contribution in [0.2, 0.25) is 0 Å². The van der Waals surface area contributed by atoms with E-state index in [4.69, 9.17) is 10.5 Å². The van der Waals surface area contributed by atoms with E-state index in [0.29, 0.717) is 5.75 Å². The van der Waals surface area contributed by atoms with Crippen LogP contribution in [0.3, 0.4) is 0 Å². The quantitative estimate of drug-likeness (QED) is 0.885. The van der Waals surface area contributed by atoms with Crippen molar-refractivity contribution in [2.75, 3.05) is 13.7 Å². The fourth-order valence-corrected chi connectivity index (χ4v) is 1.64. The van der Waals surface area contributed by atoms with Crippen molar-refractivity contribution in [3.8, 4) is 5.75 Å². The fraction of sp³-hybridized carbons (Fsp3) is 0.538. The second-order valence-electron chi connectivity index (χ2n) is 5.07. The average molecular weight is 243 g/mol. The SMILES string of the molecule is COc1ccc(C(F)(F)CN)cc1C(C)(C)C. The molecule has 0 unspecified atom stereocenters. The van der Waals surface area contributed by atoms with Crippen molar-refractivity contribution < 1.29 is 13.5 Å². The van der Waals surface area contributed by atoms with Crippen LogP contribution in [0, 0.1) is 0 Å². The van der Waals surface area contributed by atoms with Gasteiger partial charge in [-0.2, -0.15) is 8.78 Å². The van der Waals surface area contributed by atoms with Gasteiger partial charge in [-0.05, 0) is 29.2 Å². The molecule has 2 N–H and O–H groups in total. The number of rotatable bonds is 3. The third-order valence-electron chi connectivity index (χ3n) is 2.69. The molecular weight excluding hydrogens is 224 g/mol. The molecule has 0 amide bonds. The Hall–Kier alpha value is -1.16. The van der Waals surface area contributed by atoms with E-state index in [1.165, 1.54) is 19.2 Å². The molecule has 96 valence electrons. The monoisotopic (exact) mass is 243 g/mol. The van der Waals surface area contributed by atoms with Crippen molar-refractivity contribution in [3.05, 3.63) is 29.3 Å². The van der Waals surface area contributed by atoms with Gasteiger partial charge in [0.05, 0.1) is 13.7 Å². The molecule has 0 saturated carbocycles. The number of alkyl halides is 2. The number of hydrogen-bond donors (Lipinski definition) is 1. The Morgan fingerprint density at radius 1 is 1.24 bits per heavy atom. The maximum atomic E-state index is 13.5. The van der Waals surface area contributed by atoms with E-state index in [2.05, 4.69) is 0 Å². The second-order valence-corrected chi connectivity index (χ2v) is 5.07. The van der Waals surface area contributed by atoms with E-state index in [1.54, 1.807) is 6.07 Å². The van der Waals surface area contributed by atoms with Gasteiger partial charge in [0.1, 0.15) is 5.75 Å². The van der Waals surface area contributed by atoms with E-state index in [1.807, 2.05) is 20.8 Å². The van der Waals surface area contributed by atoms with Crippen molar-refractivity contribution >= 4 is 0 Å². The number of ether oxygens (including phenoxy) is 1. The summed E-state index contributed by atoms with van der Waals surface area (Å²) in [7, 11) is 1.53. The average Bonchev–Trinajstić information content (AvgIpc) is 2.27. The van der Waals surface area contributed by atoms with Crippen molar-refractivity contribution in [1.29, 1.82) is 0 Å². The molecule has 4 heteroatoms. The van der Waals surface area contributed by atoms with E-state index >= 15 is 0 Å². The van der Waals surface area contributed by atoms with Crippen LogP contribution in [0.5, 0.6) is 5.75 Å². The van der Waals surface area contributed by atoms with Crippen LogP contribution in [0.1, 0.15) is 31.9 Å². The molecule has 1 rings (SSSR count). The summed E-state index contributed by atoms with van der Waals surface area (Å²) >= 11 is 0. The smallest absolute Gasteiger partial charge is 0.285 e. The Morgan fingerprint density at radius 3 is 2.24 bits per heavy atom. The Labute approximate surface area is 101 Å². The number of halogens is 2. The summed E-state index contributed by atoms with van der Waals surface area (Å²) in [5.41, 5.74) is 5.52. The molecule has 0 fully saturated rings. The first-order chi connectivity index (χ1) is 7.72. The van der Waals surface area contributed by atoms with Crippen LogP contribution >= 0.6 is 0 Å². The standard InChI is InChI=1S/C13H19F2NO/c1-12(2,3)10-7-9(13(14,15)8-16)5-6-11(10)17-4/h5-7H,8,16H2,1-4H3. The second kappa shape index (κ2) is 4.61. The van der Waals surface area contributed by atoms with Crippen LogP contribution in [-0.2, 0) is 11.3 Å². The predicted molar refractivity (Wildman–Crippen MR) is 64.6 cm³/mol.